The minimum Gasteiger partial charge on any atom is -0.378 e. The van der Waals surface area contributed by atoms with Gasteiger partial charge in [-0.2, -0.15) is 5.10 Å². The van der Waals surface area contributed by atoms with Gasteiger partial charge in [-0.3, -0.25) is 19.2 Å². The van der Waals surface area contributed by atoms with Crippen molar-refractivity contribution < 1.29 is 14.3 Å². The number of ether oxygens (including phenoxy) is 1. The van der Waals surface area contributed by atoms with Gasteiger partial charge in [0.2, 0.25) is 0 Å². The number of carbonyl (C=O) groups excluding carboxylic acids is 2. The number of hydrogen-bond acceptors (Lipinski definition) is 7. The van der Waals surface area contributed by atoms with Crippen LogP contribution in [0.25, 0.3) is 22.3 Å². The van der Waals surface area contributed by atoms with Crippen molar-refractivity contribution in [3.8, 4) is 22.3 Å². The Kier molecular flexibility index (Phi) is 6.09. The van der Waals surface area contributed by atoms with E-state index in [9.17, 15) is 9.59 Å². The van der Waals surface area contributed by atoms with Gasteiger partial charge in [0.25, 0.3) is 11.8 Å². The van der Waals surface area contributed by atoms with Gasteiger partial charge in [-0.1, -0.05) is 48.5 Å². The summed E-state index contributed by atoms with van der Waals surface area (Å²) in [4.78, 5) is 39.0. The maximum atomic E-state index is 13.7. The normalized spacial score (nSPS) is 20.8. The van der Waals surface area contributed by atoms with E-state index in [1.807, 2.05) is 41.9 Å². The van der Waals surface area contributed by atoms with Crippen LogP contribution >= 0.6 is 11.3 Å². The van der Waals surface area contributed by atoms with E-state index in [1.165, 1.54) is 11.3 Å². The third-order valence-corrected chi connectivity index (χ3v) is 8.68. The van der Waals surface area contributed by atoms with Crippen molar-refractivity contribution in [2.75, 3.05) is 32.8 Å². The molecule has 7 rings (SSSR count). The standard InChI is InChI=1S/C30H28N6O3S/c1-34-18-25(14-32-34)23-4-2-21(3-5-23)22-6-8-24(9-7-22)26-33-30(10-12-39-19-30)29(38)36(26)17-20-15-35(16-20)28(37)27-31-11-13-40-27/h2-9,11,13-14,18,20H,10,12,15-17,19H2,1H3. The van der Waals surface area contributed by atoms with Crippen LogP contribution in [-0.4, -0.2) is 80.6 Å². The van der Waals surface area contributed by atoms with Crippen LogP contribution in [0.3, 0.4) is 0 Å². The predicted octanol–water partition coefficient (Wildman–Crippen LogP) is 3.73. The van der Waals surface area contributed by atoms with Gasteiger partial charge in [0.15, 0.2) is 10.5 Å². The van der Waals surface area contributed by atoms with E-state index in [0.717, 1.165) is 27.8 Å². The number of aromatic nitrogens is 3. The van der Waals surface area contributed by atoms with Crippen LogP contribution < -0.4 is 0 Å². The van der Waals surface area contributed by atoms with Crippen LogP contribution in [0.15, 0.2) is 77.5 Å². The molecule has 9 nitrogen and oxygen atoms in total. The molecule has 202 valence electrons. The summed E-state index contributed by atoms with van der Waals surface area (Å²) in [6.07, 6.45) is 6.10. The maximum Gasteiger partial charge on any atom is 0.282 e. The SMILES string of the molecule is Cn1cc(-c2ccc(-c3ccc(C4=NC5(CCOC5)C(=O)N4CC4CN(C(=O)c5nccs5)C4)cc3)cc2)cn1. The van der Waals surface area contributed by atoms with E-state index in [2.05, 4.69) is 46.5 Å². The fraction of sp³-hybridized carbons (Fsp3) is 0.300. The summed E-state index contributed by atoms with van der Waals surface area (Å²) in [6.45, 7) is 2.58. The molecule has 0 bridgehead atoms. The third kappa shape index (κ3) is 4.33. The highest BCUT2D eigenvalue weighted by molar-refractivity contribution is 7.11. The van der Waals surface area contributed by atoms with E-state index >= 15 is 0 Å². The third-order valence-electron chi connectivity index (χ3n) is 7.92. The Balaban J connectivity index is 1.09. The maximum absolute atomic E-state index is 13.7. The summed E-state index contributed by atoms with van der Waals surface area (Å²) in [5, 5.41) is 6.57. The van der Waals surface area contributed by atoms with Crippen molar-refractivity contribution >= 4 is 29.0 Å². The monoisotopic (exact) mass is 552 g/mol. The molecule has 3 aliphatic rings. The highest BCUT2D eigenvalue weighted by Gasteiger charge is 2.52. The molecule has 0 N–H and O–H groups in total. The van der Waals surface area contributed by atoms with Gasteiger partial charge in [0.05, 0.1) is 12.8 Å². The predicted molar refractivity (Wildman–Crippen MR) is 152 cm³/mol. The molecule has 5 heterocycles. The summed E-state index contributed by atoms with van der Waals surface area (Å²) in [5.41, 5.74) is 4.47. The molecule has 2 fully saturated rings. The highest BCUT2D eigenvalue weighted by atomic mass is 32.1. The Labute approximate surface area is 235 Å². The zero-order valence-corrected chi connectivity index (χ0v) is 22.9. The van der Waals surface area contributed by atoms with Gasteiger partial charge in [-0.15, -0.1) is 11.3 Å². The first-order chi connectivity index (χ1) is 19.5. The van der Waals surface area contributed by atoms with Gasteiger partial charge in [-0.05, 0) is 16.7 Å². The number of carbonyl (C=O) groups is 2. The molecule has 3 aliphatic heterocycles. The van der Waals surface area contributed by atoms with Crippen LogP contribution in [0, 0.1) is 5.92 Å². The van der Waals surface area contributed by atoms with Gasteiger partial charge >= 0.3 is 0 Å². The first-order valence-corrected chi connectivity index (χ1v) is 14.3. The number of amides is 2. The second kappa shape index (κ2) is 9.79. The van der Waals surface area contributed by atoms with Crippen LogP contribution in [0.2, 0.25) is 0 Å². The van der Waals surface area contributed by atoms with E-state index < -0.39 is 5.54 Å². The molecule has 2 aromatic carbocycles. The van der Waals surface area contributed by atoms with Crippen molar-refractivity contribution in [3.63, 3.8) is 0 Å². The number of amidine groups is 1. The van der Waals surface area contributed by atoms with Gasteiger partial charge in [0.1, 0.15) is 5.84 Å². The molecule has 40 heavy (non-hydrogen) atoms. The molecule has 0 saturated carbocycles. The molecule has 10 heteroatoms. The molecular weight excluding hydrogens is 524 g/mol. The van der Waals surface area contributed by atoms with E-state index in [1.54, 1.807) is 15.8 Å². The minimum absolute atomic E-state index is 0.000216. The lowest BCUT2D eigenvalue weighted by Crippen LogP contribution is -2.55. The van der Waals surface area contributed by atoms with E-state index in [0.29, 0.717) is 50.1 Å². The first-order valence-electron chi connectivity index (χ1n) is 13.4. The molecule has 1 unspecified atom stereocenters. The quantitative estimate of drug-likeness (QED) is 0.364. The number of hydrogen-bond donors (Lipinski definition) is 0. The average Bonchev–Trinajstić information content (AvgIpc) is 3.77. The van der Waals surface area contributed by atoms with Crippen molar-refractivity contribution in [3.05, 3.63) is 83.1 Å². The molecule has 0 aliphatic carbocycles. The smallest absolute Gasteiger partial charge is 0.282 e. The molecule has 2 amide bonds. The Hall–Kier alpha value is -4.15. The van der Waals surface area contributed by atoms with Gasteiger partial charge in [0, 0.05) is 74.5 Å². The molecule has 1 atom stereocenters. The number of thiazole rings is 1. The van der Waals surface area contributed by atoms with Crippen LogP contribution in [-0.2, 0) is 16.6 Å². The summed E-state index contributed by atoms with van der Waals surface area (Å²) in [5.74, 6) is 0.837. The Morgan fingerprint density at radius 2 is 1.70 bits per heavy atom. The molecule has 2 saturated heterocycles. The second-order valence-electron chi connectivity index (χ2n) is 10.7. The lowest BCUT2D eigenvalue weighted by Gasteiger charge is -2.40. The summed E-state index contributed by atoms with van der Waals surface area (Å²) < 4.78 is 7.42. The van der Waals surface area contributed by atoms with Crippen molar-refractivity contribution in [1.29, 1.82) is 0 Å². The number of aryl methyl sites for hydroxylation is 1. The van der Waals surface area contributed by atoms with Crippen molar-refractivity contribution in [2.24, 2.45) is 18.0 Å². The van der Waals surface area contributed by atoms with E-state index in [-0.39, 0.29) is 17.7 Å². The van der Waals surface area contributed by atoms with E-state index in [4.69, 9.17) is 9.73 Å². The molecule has 2 aromatic heterocycles. The van der Waals surface area contributed by atoms with Crippen molar-refractivity contribution in [1.82, 2.24) is 24.6 Å². The zero-order chi connectivity index (χ0) is 27.3. The number of likely N-dealkylation sites (tertiary alicyclic amines) is 1. The molecule has 0 radical (unpaired) electrons. The number of nitrogens with zero attached hydrogens (tertiary/aromatic N) is 6. The topological polar surface area (TPSA) is 92.9 Å². The van der Waals surface area contributed by atoms with Crippen molar-refractivity contribution in [2.45, 2.75) is 12.0 Å². The molecule has 1 spiro atoms. The number of rotatable bonds is 6. The molecular formula is C30H28N6O3S. The Morgan fingerprint density at radius 1 is 1.02 bits per heavy atom. The Bertz CT molecular complexity index is 1580. The highest BCUT2D eigenvalue weighted by Crippen LogP contribution is 2.35. The van der Waals surface area contributed by atoms with Gasteiger partial charge < -0.3 is 9.64 Å². The first kappa shape index (κ1) is 24.9. The van der Waals surface area contributed by atoms with Crippen LogP contribution in [0.4, 0.5) is 0 Å². The fourth-order valence-corrected chi connectivity index (χ4v) is 6.27. The van der Waals surface area contributed by atoms with Gasteiger partial charge in [-0.25, -0.2) is 9.98 Å². The zero-order valence-electron chi connectivity index (χ0n) is 22.1. The Morgan fingerprint density at radius 3 is 2.27 bits per heavy atom. The number of benzene rings is 2. The average molecular weight is 553 g/mol. The lowest BCUT2D eigenvalue weighted by atomic mass is 9.96. The summed E-state index contributed by atoms with van der Waals surface area (Å²) >= 11 is 1.35. The lowest BCUT2D eigenvalue weighted by molar-refractivity contribution is -0.132. The molecule has 4 aromatic rings. The van der Waals surface area contributed by atoms with Crippen LogP contribution in [0.1, 0.15) is 21.8 Å². The summed E-state index contributed by atoms with van der Waals surface area (Å²) in [7, 11) is 1.91. The largest absolute Gasteiger partial charge is 0.378 e. The minimum atomic E-state index is -0.837. The summed E-state index contributed by atoms with van der Waals surface area (Å²) in [6, 6.07) is 16.7. The van der Waals surface area contributed by atoms with Crippen LogP contribution in [0.5, 0.6) is 0 Å². The fourth-order valence-electron chi connectivity index (χ4n) is 5.67. The second-order valence-corrected chi connectivity index (χ2v) is 11.6. The number of aliphatic imine (C=N–C) groups is 1.